The number of aryl methyl sites for hydroxylation is 1. The van der Waals surface area contributed by atoms with Crippen LogP contribution in [-0.4, -0.2) is 30.1 Å². The second-order valence-corrected chi connectivity index (χ2v) is 4.62. The van der Waals surface area contributed by atoms with E-state index in [9.17, 15) is 9.59 Å². The molecule has 0 aliphatic heterocycles. The summed E-state index contributed by atoms with van der Waals surface area (Å²) in [5, 5.41) is 14.2. The topological polar surface area (TPSA) is 78.4 Å². The van der Waals surface area contributed by atoms with Gasteiger partial charge in [0.1, 0.15) is 0 Å². The predicted molar refractivity (Wildman–Crippen MR) is 78.8 cm³/mol. The maximum atomic E-state index is 11.7. The molecule has 0 spiro atoms. The monoisotopic (exact) mass is 278 g/mol. The number of carbonyl (C=O) groups is 2. The summed E-state index contributed by atoms with van der Waals surface area (Å²) in [6, 6.07) is 5.19. The number of amides is 2. The highest BCUT2D eigenvalue weighted by Gasteiger charge is 2.08. The summed E-state index contributed by atoms with van der Waals surface area (Å²) in [5.74, 6) is -0.191. The Hall–Kier alpha value is -1.88. The van der Waals surface area contributed by atoms with Gasteiger partial charge in [0.25, 0.3) is 5.91 Å². The van der Waals surface area contributed by atoms with E-state index in [1.807, 2.05) is 13.8 Å². The van der Waals surface area contributed by atoms with Crippen molar-refractivity contribution in [2.45, 2.75) is 33.1 Å². The molecule has 0 fully saturated rings. The molecule has 0 heterocycles. The van der Waals surface area contributed by atoms with Crippen molar-refractivity contribution >= 4 is 17.5 Å². The van der Waals surface area contributed by atoms with Crippen LogP contribution in [0.25, 0.3) is 0 Å². The van der Waals surface area contributed by atoms with Crippen LogP contribution < -0.4 is 10.6 Å². The van der Waals surface area contributed by atoms with Gasteiger partial charge in [0.05, 0.1) is 0 Å². The summed E-state index contributed by atoms with van der Waals surface area (Å²) in [4.78, 5) is 23.4. The molecule has 0 saturated heterocycles. The number of aliphatic hydroxyl groups excluding tert-OH is 1. The fraction of sp³-hybridized carbons (Fsp3) is 0.467. The zero-order valence-electron chi connectivity index (χ0n) is 12.0. The maximum absolute atomic E-state index is 11.7. The molecule has 0 aromatic heterocycles. The molecule has 20 heavy (non-hydrogen) atoms. The number of hydrogen-bond acceptors (Lipinski definition) is 3. The standard InChI is InChI=1S/C15H22N2O3/c1-3-16-15(20)12-7-8-13(11(2)10-12)17-14(19)6-4-5-9-18/h7-8,10,18H,3-6,9H2,1-2H3,(H,16,20)(H,17,19). The van der Waals surface area contributed by atoms with Gasteiger partial charge in [-0.05, 0) is 50.5 Å². The van der Waals surface area contributed by atoms with Gasteiger partial charge in [-0.25, -0.2) is 0 Å². The van der Waals surface area contributed by atoms with Crippen molar-refractivity contribution in [1.29, 1.82) is 0 Å². The van der Waals surface area contributed by atoms with Gasteiger partial charge in [-0.3, -0.25) is 9.59 Å². The molecule has 1 aromatic rings. The van der Waals surface area contributed by atoms with Crippen LogP contribution in [-0.2, 0) is 4.79 Å². The number of nitrogens with one attached hydrogen (secondary N) is 2. The Bertz CT molecular complexity index is 472. The van der Waals surface area contributed by atoms with Gasteiger partial charge in [0.2, 0.25) is 5.91 Å². The maximum Gasteiger partial charge on any atom is 0.251 e. The Labute approximate surface area is 119 Å². The molecular formula is C15H22N2O3. The summed E-state index contributed by atoms with van der Waals surface area (Å²) < 4.78 is 0. The Balaban J connectivity index is 2.64. The Morgan fingerprint density at radius 1 is 1.25 bits per heavy atom. The molecule has 3 N–H and O–H groups in total. The first-order valence-electron chi connectivity index (χ1n) is 6.88. The normalized spacial score (nSPS) is 10.2. The molecule has 110 valence electrons. The summed E-state index contributed by atoms with van der Waals surface area (Å²) in [7, 11) is 0. The van der Waals surface area contributed by atoms with Crippen LogP contribution in [0.15, 0.2) is 18.2 Å². The summed E-state index contributed by atoms with van der Waals surface area (Å²) in [5.41, 5.74) is 2.15. The van der Waals surface area contributed by atoms with Crippen LogP contribution >= 0.6 is 0 Å². The number of anilines is 1. The van der Waals surface area contributed by atoms with Crippen molar-refractivity contribution in [3.8, 4) is 0 Å². The predicted octanol–water partition coefficient (Wildman–Crippen LogP) is 1.85. The number of rotatable bonds is 7. The van der Waals surface area contributed by atoms with Crippen LogP contribution in [0.3, 0.4) is 0 Å². The fourth-order valence-electron chi connectivity index (χ4n) is 1.82. The average Bonchev–Trinajstić information content (AvgIpc) is 2.41. The highest BCUT2D eigenvalue weighted by atomic mass is 16.3. The summed E-state index contributed by atoms with van der Waals surface area (Å²) in [6.07, 6.45) is 1.68. The number of hydrogen-bond donors (Lipinski definition) is 3. The van der Waals surface area contributed by atoms with Gasteiger partial charge in [-0.2, -0.15) is 0 Å². The third kappa shape index (κ3) is 5.01. The largest absolute Gasteiger partial charge is 0.396 e. The molecule has 0 bridgehead atoms. The number of aliphatic hydroxyl groups is 1. The van der Waals surface area contributed by atoms with E-state index in [2.05, 4.69) is 10.6 Å². The van der Waals surface area contributed by atoms with E-state index in [-0.39, 0.29) is 18.4 Å². The Morgan fingerprint density at radius 3 is 2.60 bits per heavy atom. The lowest BCUT2D eigenvalue weighted by Gasteiger charge is -2.10. The van der Waals surface area contributed by atoms with E-state index in [1.54, 1.807) is 18.2 Å². The third-order valence-corrected chi connectivity index (χ3v) is 2.91. The minimum atomic E-state index is -0.114. The zero-order chi connectivity index (χ0) is 15.0. The van der Waals surface area contributed by atoms with Crippen LogP contribution in [0, 0.1) is 6.92 Å². The molecule has 1 rings (SSSR count). The van der Waals surface area contributed by atoms with Crippen molar-refractivity contribution in [3.63, 3.8) is 0 Å². The van der Waals surface area contributed by atoms with Gasteiger partial charge in [0.15, 0.2) is 0 Å². The van der Waals surface area contributed by atoms with Crippen LogP contribution in [0.5, 0.6) is 0 Å². The molecule has 0 aliphatic carbocycles. The van der Waals surface area contributed by atoms with E-state index in [0.717, 1.165) is 5.56 Å². The number of carbonyl (C=O) groups excluding carboxylic acids is 2. The molecular weight excluding hydrogens is 256 g/mol. The lowest BCUT2D eigenvalue weighted by molar-refractivity contribution is -0.116. The van der Waals surface area contributed by atoms with Gasteiger partial charge >= 0.3 is 0 Å². The quantitative estimate of drug-likeness (QED) is 0.666. The average molecular weight is 278 g/mol. The molecule has 5 heteroatoms. The summed E-state index contributed by atoms with van der Waals surface area (Å²) >= 11 is 0. The van der Waals surface area contributed by atoms with E-state index >= 15 is 0 Å². The third-order valence-electron chi connectivity index (χ3n) is 2.91. The molecule has 0 saturated carbocycles. The first-order chi connectivity index (χ1) is 9.58. The van der Waals surface area contributed by atoms with Crippen molar-refractivity contribution < 1.29 is 14.7 Å². The molecule has 0 unspecified atom stereocenters. The second kappa shape index (κ2) is 8.32. The molecule has 0 radical (unpaired) electrons. The number of benzene rings is 1. The highest BCUT2D eigenvalue weighted by molar-refractivity contribution is 5.96. The zero-order valence-corrected chi connectivity index (χ0v) is 12.0. The van der Waals surface area contributed by atoms with E-state index in [1.165, 1.54) is 0 Å². The molecule has 5 nitrogen and oxygen atoms in total. The van der Waals surface area contributed by atoms with Gasteiger partial charge < -0.3 is 15.7 Å². The second-order valence-electron chi connectivity index (χ2n) is 4.62. The van der Waals surface area contributed by atoms with Gasteiger partial charge in [0, 0.05) is 30.8 Å². The number of unbranched alkanes of at least 4 members (excludes halogenated alkanes) is 1. The van der Waals surface area contributed by atoms with Gasteiger partial charge in [-0.1, -0.05) is 0 Å². The van der Waals surface area contributed by atoms with Crippen molar-refractivity contribution in [3.05, 3.63) is 29.3 Å². The first-order valence-corrected chi connectivity index (χ1v) is 6.88. The highest BCUT2D eigenvalue weighted by Crippen LogP contribution is 2.17. The van der Waals surface area contributed by atoms with Gasteiger partial charge in [-0.15, -0.1) is 0 Å². The van der Waals surface area contributed by atoms with E-state index in [0.29, 0.717) is 37.1 Å². The van der Waals surface area contributed by atoms with E-state index in [4.69, 9.17) is 5.11 Å². The van der Waals surface area contributed by atoms with Crippen LogP contribution in [0.1, 0.15) is 42.1 Å². The van der Waals surface area contributed by atoms with Crippen molar-refractivity contribution in [2.75, 3.05) is 18.5 Å². The van der Waals surface area contributed by atoms with Crippen molar-refractivity contribution in [1.82, 2.24) is 5.32 Å². The van der Waals surface area contributed by atoms with Crippen LogP contribution in [0.4, 0.5) is 5.69 Å². The minimum absolute atomic E-state index is 0.0766. The minimum Gasteiger partial charge on any atom is -0.396 e. The fourth-order valence-corrected chi connectivity index (χ4v) is 1.82. The molecule has 0 atom stereocenters. The Morgan fingerprint density at radius 2 is 2.00 bits per heavy atom. The van der Waals surface area contributed by atoms with Crippen molar-refractivity contribution in [2.24, 2.45) is 0 Å². The molecule has 1 aromatic carbocycles. The van der Waals surface area contributed by atoms with E-state index < -0.39 is 0 Å². The molecule has 2 amide bonds. The SMILES string of the molecule is CCNC(=O)c1ccc(NC(=O)CCCCO)c(C)c1. The summed E-state index contributed by atoms with van der Waals surface area (Å²) in [6.45, 7) is 4.41. The van der Waals surface area contributed by atoms with Crippen LogP contribution in [0.2, 0.25) is 0 Å². The lowest BCUT2D eigenvalue weighted by atomic mass is 10.1. The Kier molecular flexibility index (Phi) is 6.73. The molecule has 0 aliphatic rings. The lowest BCUT2D eigenvalue weighted by Crippen LogP contribution is -2.22. The first kappa shape index (κ1) is 16.2. The smallest absolute Gasteiger partial charge is 0.251 e.